The van der Waals surface area contributed by atoms with Crippen molar-refractivity contribution in [3.05, 3.63) is 52.8 Å². The molecule has 0 aliphatic carbocycles. The molecule has 0 aliphatic heterocycles. The minimum absolute atomic E-state index is 0.0151. The summed E-state index contributed by atoms with van der Waals surface area (Å²) in [5.41, 5.74) is 6.33. The van der Waals surface area contributed by atoms with Gasteiger partial charge < -0.3 is 15.2 Å². The Balaban J connectivity index is 2.14. The highest BCUT2D eigenvalue weighted by Gasteiger charge is 2.15. The second-order valence-corrected chi connectivity index (χ2v) is 6.28. The number of rotatable bonds is 7. The number of para-hydroxylation sites is 1. The van der Waals surface area contributed by atoms with E-state index in [-0.39, 0.29) is 16.3 Å². The lowest BCUT2D eigenvalue weighted by Crippen LogP contribution is -2.15. The number of nitrogen functional groups attached to an aromatic ring is 1. The quantitative estimate of drug-likeness (QED) is 0.403. The molecule has 0 fully saturated rings. The molecule has 7 heteroatoms. The fourth-order valence-electron chi connectivity index (χ4n) is 1.89. The van der Waals surface area contributed by atoms with E-state index in [2.05, 4.69) is 12.2 Å². The van der Waals surface area contributed by atoms with Crippen LogP contribution in [0.3, 0.4) is 0 Å². The maximum atomic E-state index is 14.1. The predicted molar refractivity (Wildman–Crippen MR) is 98.2 cm³/mol. The van der Waals surface area contributed by atoms with Crippen molar-refractivity contribution in [2.45, 2.75) is 19.8 Å². The predicted octanol–water partition coefficient (Wildman–Crippen LogP) is 5.14. The number of benzene rings is 2. The lowest BCUT2D eigenvalue weighted by Gasteiger charge is -2.11. The summed E-state index contributed by atoms with van der Waals surface area (Å²) < 4.78 is 19.5. The highest BCUT2D eigenvalue weighted by molar-refractivity contribution is 7.95. The van der Waals surface area contributed by atoms with Crippen molar-refractivity contribution >= 4 is 40.9 Å². The zero-order valence-electron chi connectivity index (χ0n) is 13.1. The number of hydrogen-bond donors (Lipinski definition) is 2. The number of amides is 1. The number of nitrogens with two attached hydrogens (primary N) is 1. The van der Waals surface area contributed by atoms with Gasteiger partial charge in [-0.1, -0.05) is 37.1 Å². The Bertz CT molecular complexity index is 728. The Kier molecular flexibility index (Phi) is 6.75. The first-order valence-electron chi connectivity index (χ1n) is 7.47. The maximum absolute atomic E-state index is 14.1. The summed E-state index contributed by atoms with van der Waals surface area (Å²) in [6.07, 6.45) is 2.05. The molecule has 2 aromatic carbocycles. The first kappa shape index (κ1) is 18.4. The van der Waals surface area contributed by atoms with E-state index in [0.29, 0.717) is 11.4 Å². The zero-order valence-corrected chi connectivity index (χ0v) is 14.7. The highest BCUT2D eigenvalue weighted by Crippen LogP contribution is 2.33. The second kappa shape index (κ2) is 8.80. The molecule has 0 aliphatic rings. The molecule has 0 atom stereocenters. The fraction of sp³-hybridized carbons (Fsp3) is 0.235. The van der Waals surface area contributed by atoms with E-state index in [1.165, 1.54) is 18.1 Å². The van der Waals surface area contributed by atoms with E-state index in [9.17, 15) is 9.18 Å². The first-order chi connectivity index (χ1) is 11.5. The summed E-state index contributed by atoms with van der Waals surface area (Å²) in [4.78, 5) is 12.2. The summed E-state index contributed by atoms with van der Waals surface area (Å²) in [6, 6.07) is 9.05. The van der Waals surface area contributed by atoms with E-state index >= 15 is 0 Å². The standard InChI is InChI=1S/C17H18ClFN2O2S/c1-2-3-8-24-23-16-10-15(13(19)9-12(16)18)21-17(22)11-6-4-5-7-14(11)20/h4-7,9-10H,2-3,8,20H2,1H3,(H,21,22). The van der Waals surface area contributed by atoms with Crippen LogP contribution < -0.4 is 15.2 Å². The van der Waals surface area contributed by atoms with Crippen molar-refractivity contribution in [2.75, 3.05) is 16.8 Å². The molecule has 2 rings (SSSR count). The molecule has 0 saturated heterocycles. The van der Waals surface area contributed by atoms with Gasteiger partial charge in [-0.3, -0.25) is 4.79 Å². The van der Waals surface area contributed by atoms with Crippen LogP contribution in [0.25, 0.3) is 0 Å². The summed E-state index contributed by atoms with van der Waals surface area (Å²) in [6.45, 7) is 2.08. The third kappa shape index (κ3) is 4.79. The number of carbonyl (C=O) groups excluding carboxylic acids is 1. The number of halogens is 2. The van der Waals surface area contributed by atoms with Gasteiger partial charge in [0.15, 0.2) is 5.75 Å². The van der Waals surface area contributed by atoms with E-state index in [0.717, 1.165) is 24.7 Å². The Morgan fingerprint density at radius 2 is 2.12 bits per heavy atom. The number of anilines is 2. The van der Waals surface area contributed by atoms with Gasteiger partial charge in [-0.25, -0.2) is 4.39 Å². The van der Waals surface area contributed by atoms with E-state index in [1.54, 1.807) is 24.3 Å². The lowest BCUT2D eigenvalue weighted by atomic mass is 10.1. The third-order valence-electron chi connectivity index (χ3n) is 3.21. The van der Waals surface area contributed by atoms with Crippen LogP contribution in [0.2, 0.25) is 5.02 Å². The topological polar surface area (TPSA) is 64.3 Å². The van der Waals surface area contributed by atoms with E-state index in [1.807, 2.05) is 0 Å². The molecule has 0 bridgehead atoms. The van der Waals surface area contributed by atoms with Gasteiger partial charge in [-0.2, -0.15) is 0 Å². The molecule has 128 valence electrons. The molecule has 0 unspecified atom stereocenters. The molecular weight excluding hydrogens is 351 g/mol. The average Bonchev–Trinajstić information content (AvgIpc) is 2.55. The van der Waals surface area contributed by atoms with Crippen LogP contribution in [0.5, 0.6) is 5.75 Å². The van der Waals surface area contributed by atoms with Gasteiger partial charge in [0.05, 0.1) is 28.3 Å². The average molecular weight is 369 g/mol. The Labute approximate surface area is 149 Å². The molecule has 0 radical (unpaired) electrons. The summed E-state index contributed by atoms with van der Waals surface area (Å²) in [7, 11) is 0. The minimum atomic E-state index is -0.645. The molecule has 0 heterocycles. The van der Waals surface area contributed by atoms with Crippen molar-refractivity contribution in [2.24, 2.45) is 0 Å². The molecule has 0 spiro atoms. The van der Waals surface area contributed by atoms with Crippen molar-refractivity contribution in [1.29, 1.82) is 0 Å². The van der Waals surface area contributed by atoms with Crippen LogP contribution >= 0.6 is 23.6 Å². The van der Waals surface area contributed by atoms with Gasteiger partial charge in [0.2, 0.25) is 0 Å². The number of carbonyl (C=O) groups is 1. The van der Waals surface area contributed by atoms with Gasteiger partial charge >= 0.3 is 0 Å². The maximum Gasteiger partial charge on any atom is 0.257 e. The van der Waals surface area contributed by atoms with E-state index in [4.69, 9.17) is 21.5 Å². The zero-order chi connectivity index (χ0) is 17.5. The monoisotopic (exact) mass is 368 g/mol. The second-order valence-electron chi connectivity index (χ2n) is 5.06. The SMILES string of the molecule is CCCCSOc1cc(NC(=O)c2ccccc2N)c(F)cc1Cl. The largest absolute Gasteiger partial charge is 0.424 e. The van der Waals surface area contributed by atoms with Gasteiger partial charge in [0.25, 0.3) is 5.91 Å². The Morgan fingerprint density at radius 3 is 2.83 bits per heavy atom. The van der Waals surface area contributed by atoms with Crippen LogP contribution in [-0.2, 0) is 0 Å². The number of hydrogen-bond acceptors (Lipinski definition) is 4. The smallest absolute Gasteiger partial charge is 0.257 e. The summed E-state index contributed by atoms with van der Waals surface area (Å²) in [5, 5.41) is 2.64. The molecule has 24 heavy (non-hydrogen) atoms. The van der Waals surface area contributed by atoms with Crippen molar-refractivity contribution in [1.82, 2.24) is 0 Å². The van der Waals surface area contributed by atoms with Gasteiger partial charge in [0.1, 0.15) is 5.82 Å². The van der Waals surface area contributed by atoms with Gasteiger partial charge in [-0.05, 0) is 24.6 Å². The number of nitrogens with one attached hydrogen (secondary N) is 1. The molecule has 3 N–H and O–H groups in total. The van der Waals surface area contributed by atoms with Crippen molar-refractivity contribution in [3.63, 3.8) is 0 Å². The third-order valence-corrected chi connectivity index (χ3v) is 4.25. The molecular formula is C17H18ClFN2O2S. The van der Waals surface area contributed by atoms with Crippen LogP contribution in [-0.4, -0.2) is 11.7 Å². The fourth-order valence-corrected chi connectivity index (χ4v) is 2.88. The molecule has 2 aromatic rings. The van der Waals surface area contributed by atoms with E-state index < -0.39 is 11.7 Å². The number of unbranched alkanes of at least 4 members (excludes halogenated alkanes) is 1. The first-order valence-corrected chi connectivity index (χ1v) is 8.76. The van der Waals surface area contributed by atoms with Crippen LogP contribution in [0, 0.1) is 5.82 Å². The summed E-state index contributed by atoms with van der Waals surface area (Å²) >= 11 is 7.22. The lowest BCUT2D eigenvalue weighted by molar-refractivity contribution is 0.102. The molecule has 1 amide bonds. The van der Waals surface area contributed by atoms with Gasteiger partial charge in [-0.15, -0.1) is 0 Å². The van der Waals surface area contributed by atoms with Crippen LogP contribution in [0.4, 0.5) is 15.8 Å². The Morgan fingerprint density at radius 1 is 1.38 bits per heavy atom. The molecule has 4 nitrogen and oxygen atoms in total. The Hall–Kier alpha value is -1.92. The van der Waals surface area contributed by atoms with Gasteiger partial charge in [0, 0.05) is 17.5 Å². The van der Waals surface area contributed by atoms with Crippen LogP contribution in [0.15, 0.2) is 36.4 Å². The van der Waals surface area contributed by atoms with Crippen molar-refractivity contribution < 1.29 is 13.4 Å². The minimum Gasteiger partial charge on any atom is -0.424 e. The normalized spacial score (nSPS) is 10.5. The molecule has 0 saturated carbocycles. The van der Waals surface area contributed by atoms with Crippen molar-refractivity contribution in [3.8, 4) is 5.75 Å². The summed E-state index contributed by atoms with van der Waals surface area (Å²) in [5.74, 6) is -0.0462. The highest BCUT2D eigenvalue weighted by atomic mass is 35.5. The van der Waals surface area contributed by atoms with Crippen LogP contribution in [0.1, 0.15) is 30.1 Å². The molecule has 0 aromatic heterocycles.